The third kappa shape index (κ3) is 7.20. The van der Waals surface area contributed by atoms with E-state index in [0.29, 0.717) is 0 Å². The van der Waals surface area contributed by atoms with Crippen molar-refractivity contribution in [2.24, 2.45) is 0 Å². The van der Waals surface area contributed by atoms with Gasteiger partial charge in [0.1, 0.15) is 0 Å². The van der Waals surface area contributed by atoms with Crippen molar-refractivity contribution >= 4 is 45.3 Å². The van der Waals surface area contributed by atoms with Gasteiger partial charge < -0.3 is 9.80 Å². The average molecular weight is 797 g/mol. The van der Waals surface area contributed by atoms with Crippen molar-refractivity contribution in [2.45, 2.75) is 26.7 Å². The largest absolute Gasteiger partial charge is 0.311 e. The van der Waals surface area contributed by atoms with E-state index in [4.69, 9.17) is 0 Å². The van der Waals surface area contributed by atoms with Crippen LogP contribution in [0.25, 0.3) is 44.5 Å². The normalized spacial score (nSPS) is 13.6. The second kappa shape index (κ2) is 16.4. The van der Waals surface area contributed by atoms with Gasteiger partial charge >= 0.3 is 0 Å². The first-order valence-electron chi connectivity index (χ1n) is 21.5. The van der Waals surface area contributed by atoms with E-state index < -0.39 is 0 Å². The molecular weight excluding hydrogens is 749 g/mol. The van der Waals surface area contributed by atoms with Gasteiger partial charge in [0.2, 0.25) is 0 Å². The minimum Gasteiger partial charge on any atom is -0.311 e. The molecule has 10 rings (SSSR count). The first-order valence-corrected chi connectivity index (χ1v) is 21.5. The quantitative estimate of drug-likeness (QED) is 0.136. The van der Waals surface area contributed by atoms with Gasteiger partial charge in [-0.3, -0.25) is 0 Å². The molecule has 0 amide bonds. The standard InChI is InChI=1S/C60H48N2/c1-5-43-37-51-39-57(33-35-59(51)41(43)3)62(58-34-36-60-42(4)44(6-2)38-52(60)40-58)56-31-23-50(24-32-56)49-21-29-55(30-22-49)61(53-25-17-47(18-26-53)45-13-9-7-10-14-45)54-27-19-48(20-28-54)46-15-11-8-12-16-46/h5-36,39-40H,1,4,37-38H2,2-3H3/b44-6-. The molecule has 0 radical (unpaired) electrons. The summed E-state index contributed by atoms with van der Waals surface area (Å²) in [5, 5.41) is 0. The Bertz CT molecular complexity index is 2920. The number of anilines is 6. The number of rotatable bonds is 10. The summed E-state index contributed by atoms with van der Waals surface area (Å²) in [6.45, 7) is 12.8. The molecule has 2 heteroatoms. The van der Waals surface area contributed by atoms with Crippen molar-refractivity contribution in [2.75, 3.05) is 9.80 Å². The van der Waals surface area contributed by atoms with Gasteiger partial charge in [-0.2, -0.15) is 0 Å². The maximum absolute atomic E-state index is 4.41. The van der Waals surface area contributed by atoms with Crippen LogP contribution in [0.3, 0.4) is 0 Å². The lowest BCUT2D eigenvalue weighted by Crippen LogP contribution is -2.11. The van der Waals surface area contributed by atoms with Gasteiger partial charge in [-0.15, -0.1) is 0 Å². The number of nitrogens with zero attached hydrogens (tertiary/aromatic N) is 2. The van der Waals surface area contributed by atoms with Crippen molar-refractivity contribution < 1.29 is 0 Å². The number of hydrogen-bond acceptors (Lipinski definition) is 2. The van der Waals surface area contributed by atoms with Crippen molar-refractivity contribution in [3.05, 3.63) is 253 Å². The van der Waals surface area contributed by atoms with Crippen LogP contribution in [0, 0.1) is 0 Å². The maximum Gasteiger partial charge on any atom is 0.0464 e. The Morgan fingerprint density at radius 3 is 1.18 bits per heavy atom. The number of allylic oxidation sites excluding steroid dienone is 6. The second-order valence-electron chi connectivity index (χ2n) is 16.3. The van der Waals surface area contributed by atoms with Gasteiger partial charge in [0.05, 0.1) is 0 Å². The molecule has 2 aliphatic carbocycles. The highest BCUT2D eigenvalue weighted by atomic mass is 15.1. The highest BCUT2D eigenvalue weighted by molar-refractivity contribution is 5.89. The Hall–Kier alpha value is -7.68. The van der Waals surface area contributed by atoms with Crippen LogP contribution in [-0.2, 0) is 12.8 Å². The van der Waals surface area contributed by atoms with Crippen molar-refractivity contribution in [1.29, 1.82) is 0 Å². The summed E-state index contributed by atoms with van der Waals surface area (Å²) in [5.74, 6) is 0. The van der Waals surface area contributed by atoms with Crippen LogP contribution in [-0.4, -0.2) is 0 Å². The molecule has 2 nitrogen and oxygen atoms in total. The third-order valence-corrected chi connectivity index (χ3v) is 12.7. The molecule has 298 valence electrons. The van der Waals surface area contributed by atoms with Crippen LogP contribution >= 0.6 is 0 Å². The lowest BCUT2D eigenvalue weighted by Gasteiger charge is -2.27. The topological polar surface area (TPSA) is 6.48 Å². The van der Waals surface area contributed by atoms with Crippen molar-refractivity contribution in [1.82, 2.24) is 0 Å². The van der Waals surface area contributed by atoms with E-state index in [1.54, 1.807) is 0 Å². The Labute approximate surface area is 366 Å². The Balaban J connectivity index is 0.979. The molecular formula is C60H48N2. The van der Waals surface area contributed by atoms with Crippen LogP contribution in [0.1, 0.15) is 36.1 Å². The molecule has 0 bridgehead atoms. The van der Waals surface area contributed by atoms with E-state index in [1.807, 2.05) is 6.08 Å². The van der Waals surface area contributed by atoms with E-state index in [-0.39, 0.29) is 0 Å². The fourth-order valence-electron chi connectivity index (χ4n) is 9.26. The molecule has 0 atom stereocenters. The molecule has 0 unspecified atom stereocenters. The van der Waals surface area contributed by atoms with Gasteiger partial charge in [0.25, 0.3) is 0 Å². The van der Waals surface area contributed by atoms with Crippen molar-refractivity contribution in [3.8, 4) is 33.4 Å². The van der Waals surface area contributed by atoms with E-state index >= 15 is 0 Å². The monoisotopic (exact) mass is 796 g/mol. The van der Waals surface area contributed by atoms with Gasteiger partial charge in [-0.1, -0.05) is 147 Å². The van der Waals surface area contributed by atoms with Gasteiger partial charge in [0.15, 0.2) is 0 Å². The van der Waals surface area contributed by atoms with E-state index in [1.165, 1.54) is 66.8 Å². The summed E-state index contributed by atoms with van der Waals surface area (Å²) < 4.78 is 0. The molecule has 0 saturated carbocycles. The molecule has 62 heavy (non-hydrogen) atoms. The summed E-state index contributed by atoms with van der Waals surface area (Å²) in [4.78, 5) is 4.74. The lowest BCUT2D eigenvalue weighted by molar-refractivity contribution is 1.20. The predicted octanol–water partition coefficient (Wildman–Crippen LogP) is 16.7. The first-order chi connectivity index (χ1) is 30.4. The number of hydrogen-bond donors (Lipinski definition) is 0. The van der Waals surface area contributed by atoms with Crippen LogP contribution in [0.5, 0.6) is 0 Å². The van der Waals surface area contributed by atoms with Crippen LogP contribution < -0.4 is 9.80 Å². The van der Waals surface area contributed by atoms with Gasteiger partial charge in [-0.05, 0) is 177 Å². The van der Waals surface area contributed by atoms with E-state index in [0.717, 1.165) is 58.1 Å². The molecule has 8 aromatic carbocycles. The summed E-state index contributed by atoms with van der Waals surface area (Å²) >= 11 is 0. The molecule has 0 N–H and O–H groups in total. The number of fused-ring (bicyclic) bond motifs is 2. The zero-order chi connectivity index (χ0) is 42.2. The van der Waals surface area contributed by atoms with Gasteiger partial charge in [0, 0.05) is 34.1 Å². The number of benzene rings is 8. The third-order valence-electron chi connectivity index (χ3n) is 12.7. The summed E-state index contributed by atoms with van der Waals surface area (Å²) in [7, 11) is 0. The first kappa shape index (κ1) is 38.5. The highest BCUT2D eigenvalue weighted by Crippen LogP contribution is 2.44. The fraction of sp³-hybridized carbons (Fsp3) is 0.0667. The fourth-order valence-corrected chi connectivity index (χ4v) is 9.26. The summed E-state index contributed by atoms with van der Waals surface area (Å²) in [6, 6.07) is 70.6. The maximum atomic E-state index is 4.41. The minimum atomic E-state index is 0.908. The molecule has 2 aliphatic rings. The smallest absolute Gasteiger partial charge is 0.0464 e. The molecule has 0 saturated heterocycles. The molecule has 0 spiro atoms. The molecule has 0 aliphatic heterocycles. The van der Waals surface area contributed by atoms with Crippen LogP contribution in [0.15, 0.2) is 231 Å². The molecule has 0 aromatic heterocycles. The summed E-state index contributed by atoms with van der Waals surface area (Å²) in [6.07, 6.45) is 6.02. The summed E-state index contributed by atoms with van der Waals surface area (Å²) in [5.41, 5.74) is 24.1. The molecule has 8 aromatic rings. The van der Waals surface area contributed by atoms with Crippen LogP contribution in [0.2, 0.25) is 0 Å². The average Bonchev–Trinajstić information content (AvgIpc) is 3.84. The molecule has 0 heterocycles. The van der Waals surface area contributed by atoms with E-state index in [2.05, 4.69) is 237 Å². The van der Waals surface area contributed by atoms with Crippen molar-refractivity contribution in [3.63, 3.8) is 0 Å². The Morgan fingerprint density at radius 1 is 0.419 bits per heavy atom. The SMILES string of the molecule is C=CC1=C(C)c2ccc(N(c3ccc(-c4ccc(N(c5ccc(-c6ccccc6)cc5)c5ccc(-c6ccccc6)cc5)cc4)cc3)c3ccc4c(c3)C/C(=C/C)C4=C)cc2C1. The molecule has 0 fully saturated rings. The zero-order valence-corrected chi connectivity index (χ0v) is 35.4. The second-order valence-corrected chi connectivity index (χ2v) is 16.3. The highest BCUT2D eigenvalue weighted by Gasteiger charge is 2.24. The lowest BCUT2D eigenvalue weighted by atomic mass is 10.0. The Kier molecular flexibility index (Phi) is 10.2. The minimum absolute atomic E-state index is 0.908. The predicted molar refractivity (Wildman–Crippen MR) is 265 cm³/mol. The van der Waals surface area contributed by atoms with E-state index in [9.17, 15) is 0 Å². The zero-order valence-electron chi connectivity index (χ0n) is 35.4. The van der Waals surface area contributed by atoms with Gasteiger partial charge in [-0.25, -0.2) is 0 Å². The van der Waals surface area contributed by atoms with Crippen LogP contribution in [0.4, 0.5) is 34.1 Å². The Morgan fingerprint density at radius 2 is 0.774 bits per heavy atom.